The van der Waals surface area contributed by atoms with E-state index in [-0.39, 0.29) is 36.3 Å². The van der Waals surface area contributed by atoms with Crippen molar-refractivity contribution in [2.24, 2.45) is 0 Å². The van der Waals surface area contributed by atoms with E-state index in [1.54, 1.807) is 11.6 Å². The molecular formula is C18H20F3N5O2S. The molecule has 3 rings (SSSR count). The van der Waals surface area contributed by atoms with Gasteiger partial charge in [0.25, 0.3) is 0 Å². The van der Waals surface area contributed by atoms with Crippen molar-refractivity contribution in [2.75, 3.05) is 18.4 Å². The third-order valence-corrected chi connectivity index (χ3v) is 5.26. The van der Waals surface area contributed by atoms with E-state index in [0.717, 1.165) is 18.7 Å². The largest absolute Gasteiger partial charge is 0.416 e. The number of hydrogen-bond acceptors (Lipinski definition) is 6. The molecule has 0 aliphatic carbocycles. The first kappa shape index (κ1) is 21.2. The van der Waals surface area contributed by atoms with Gasteiger partial charge in [0, 0.05) is 36.8 Å². The summed E-state index contributed by atoms with van der Waals surface area (Å²) in [6, 6.07) is 0.645. The van der Waals surface area contributed by atoms with Crippen molar-refractivity contribution in [3.8, 4) is 0 Å². The number of likely N-dealkylation sites (tertiary alicyclic amines) is 1. The van der Waals surface area contributed by atoms with Crippen molar-refractivity contribution in [1.82, 2.24) is 20.2 Å². The highest BCUT2D eigenvalue weighted by Gasteiger charge is 2.36. The first-order valence-electron chi connectivity index (χ1n) is 8.98. The van der Waals surface area contributed by atoms with E-state index in [1.165, 1.54) is 18.3 Å². The van der Waals surface area contributed by atoms with Crippen LogP contribution >= 0.6 is 11.3 Å². The molecule has 1 atom stereocenters. The molecule has 2 aromatic heterocycles. The highest BCUT2D eigenvalue weighted by molar-refractivity contribution is 7.13. The molecule has 7 nitrogen and oxygen atoms in total. The summed E-state index contributed by atoms with van der Waals surface area (Å²) in [5, 5.41) is 7.26. The number of halogens is 3. The molecule has 2 amide bonds. The molecule has 1 aliphatic rings. The smallest absolute Gasteiger partial charge is 0.352 e. The average Bonchev–Trinajstić information content (AvgIpc) is 3.31. The summed E-state index contributed by atoms with van der Waals surface area (Å²) >= 11 is 1.29. The number of rotatable bonds is 6. The number of hydrogen-bond donors (Lipinski definition) is 2. The molecule has 1 unspecified atom stereocenters. The van der Waals surface area contributed by atoms with Gasteiger partial charge in [0.2, 0.25) is 11.8 Å². The standard InChI is InChI=1S/C18H20F3N5O2S/c1-11(27)23-8-12-9-24-14(7-13(12)18(19,20)21)15-3-2-5-26(15)10-16(28)25-17-22-4-6-29-17/h4,6-7,9,15H,2-3,5,8,10H2,1H3,(H,23,27)(H,22,25,28). The van der Waals surface area contributed by atoms with Crippen LogP contribution in [0.5, 0.6) is 0 Å². The molecule has 1 saturated heterocycles. The fraction of sp³-hybridized carbons (Fsp3) is 0.444. The van der Waals surface area contributed by atoms with Crippen molar-refractivity contribution in [1.29, 1.82) is 0 Å². The van der Waals surface area contributed by atoms with Gasteiger partial charge in [-0.2, -0.15) is 13.2 Å². The molecule has 2 N–H and O–H groups in total. The summed E-state index contributed by atoms with van der Waals surface area (Å²) in [5.41, 5.74) is -0.652. The van der Waals surface area contributed by atoms with Gasteiger partial charge in [0.15, 0.2) is 5.13 Å². The Morgan fingerprint density at radius 2 is 2.14 bits per heavy atom. The summed E-state index contributed by atoms with van der Waals surface area (Å²) in [6.45, 7) is 1.62. The highest BCUT2D eigenvalue weighted by atomic mass is 32.1. The van der Waals surface area contributed by atoms with Crippen molar-refractivity contribution in [3.63, 3.8) is 0 Å². The maximum Gasteiger partial charge on any atom is 0.416 e. The SMILES string of the molecule is CC(=O)NCc1cnc(C2CCCN2CC(=O)Nc2nccs2)cc1C(F)(F)F. The van der Waals surface area contributed by atoms with Crippen LogP contribution in [0, 0.1) is 0 Å². The summed E-state index contributed by atoms with van der Waals surface area (Å²) in [6.07, 6.45) is -0.479. The molecule has 0 saturated carbocycles. The number of nitrogens with zero attached hydrogens (tertiary/aromatic N) is 3. The number of thiazole rings is 1. The van der Waals surface area contributed by atoms with Gasteiger partial charge in [-0.25, -0.2) is 4.98 Å². The number of aromatic nitrogens is 2. The molecule has 3 heterocycles. The fourth-order valence-corrected chi connectivity index (χ4v) is 3.83. The normalized spacial score (nSPS) is 17.3. The lowest BCUT2D eigenvalue weighted by Crippen LogP contribution is -2.33. The van der Waals surface area contributed by atoms with Crippen molar-refractivity contribution in [3.05, 3.63) is 40.7 Å². The van der Waals surface area contributed by atoms with Crippen LogP contribution in [-0.2, 0) is 22.3 Å². The van der Waals surface area contributed by atoms with E-state index >= 15 is 0 Å². The maximum atomic E-state index is 13.5. The van der Waals surface area contributed by atoms with Crippen LogP contribution < -0.4 is 10.6 Å². The third kappa shape index (κ3) is 5.51. The van der Waals surface area contributed by atoms with Gasteiger partial charge in [-0.05, 0) is 25.5 Å². The van der Waals surface area contributed by atoms with Crippen molar-refractivity contribution >= 4 is 28.3 Å². The molecule has 0 spiro atoms. The summed E-state index contributed by atoms with van der Waals surface area (Å²) < 4.78 is 40.6. The number of pyridine rings is 1. The zero-order valence-electron chi connectivity index (χ0n) is 15.6. The second-order valence-corrected chi connectivity index (χ2v) is 7.58. The summed E-state index contributed by atoms with van der Waals surface area (Å²) in [4.78, 5) is 33.3. The number of carbonyl (C=O) groups is 2. The lowest BCUT2D eigenvalue weighted by molar-refractivity contribution is -0.138. The van der Waals surface area contributed by atoms with E-state index in [9.17, 15) is 22.8 Å². The van der Waals surface area contributed by atoms with Gasteiger partial charge in [-0.1, -0.05) is 0 Å². The molecule has 156 valence electrons. The van der Waals surface area contributed by atoms with E-state index in [4.69, 9.17) is 0 Å². The van der Waals surface area contributed by atoms with Gasteiger partial charge in [0.05, 0.1) is 23.8 Å². The van der Waals surface area contributed by atoms with Crippen molar-refractivity contribution in [2.45, 2.75) is 38.5 Å². The van der Waals surface area contributed by atoms with Crippen LogP contribution in [0.25, 0.3) is 0 Å². The van der Waals surface area contributed by atoms with Crippen LogP contribution in [0.1, 0.15) is 42.6 Å². The van der Waals surface area contributed by atoms with Crippen LogP contribution in [0.2, 0.25) is 0 Å². The zero-order chi connectivity index (χ0) is 21.0. The fourth-order valence-electron chi connectivity index (χ4n) is 3.29. The van der Waals surface area contributed by atoms with Crippen molar-refractivity contribution < 1.29 is 22.8 Å². The first-order chi connectivity index (χ1) is 13.7. The topological polar surface area (TPSA) is 87.2 Å². The summed E-state index contributed by atoms with van der Waals surface area (Å²) in [7, 11) is 0. The maximum absolute atomic E-state index is 13.5. The molecule has 0 radical (unpaired) electrons. The zero-order valence-corrected chi connectivity index (χ0v) is 16.4. The molecule has 1 fully saturated rings. The van der Waals surface area contributed by atoms with Gasteiger partial charge in [0.1, 0.15) is 0 Å². The number of anilines is 1. The second-order valence-electron chi connectivity index (χ2n) is 6.69. The minimum absolute atomic E-state index is 0.0426. The molecule has 29 heavy (non-hydrogen) atoms. The van der Waals surface area contributed by atoms with Gasteiger partial charge in [-0.3, -0.25) is 19.5 Å². The quantitative estimate of drug-likeness (QED) is 0.740. The Bertz CT molecular complexity index is 873. The Morgan fingerprint density at radius 1 is 1.34 bits per heavy atom. The Kier molecular flexibility index (Phi) is 6.48. The molecule has 0 aromatic carbocycles. The number of amides is 2. The minimum atomic E-state index is -4.57. The van der Waals surface area contributed by atoms with Gasteiger partial charge in [-0.15, -0.1) is 11.3 Å². The van der Waals surface area contributed by atoms with E-state index < -0.39 is 17.6 Å². The van der Waals surface area contributed by atoms with E-state index in [1.807, 2.05) is 4.90 Å². The monoisotopic (exact) mass is 427 g/mol. The molecule has 2 aromatic rings. The van der Waals surface area contributed by atoms with Crippen LogP contribution in [0.4, 0.5) is 18.3 Å². The molecule has 1 aliphatic heterocycles. The Labute approximate surface area is 169 Å². The molecule has 0 bridgehead atoms. The van der Waals surface area contributed by atoms with Crippen LogP contribution in [-0.4, -0.2) is 39.8 Å². The lowest BCUT2D eigenvalue weighted by atomic mass is 10.0. The summed E-state index contributed by atoms with van der Waals surface area (Å²) in [5.74, 6) is -0.694. The Morgan fingerprint density at radius 3 is 2.79 bits per heavy atom. The number of carbonyl (C=O) groups excluding carboxylic acids is 2. The van der Waals surface area contributed by atoms with Crippen LogP contribution in [0.3, 0.4) is 0 Å². The predicted octanol–water partition coefficient (Wildman–Crippen LogP) is 2.97. The molecule has 11 heteroatoms. The van der Waals surface area contributed by atoms with E-state index in [2.05, 4.69) is 20.6 Å². The second kappa shape index (κ2) is 8.87. The van der Waals surface area contributed by atoms with E-state index in [0.29, 0.717) is 18.1 Å². The predicted molar refractivity (Wildman–Crippen MR) is 101 cm³/mol. The number of nitrogens with one attached hydrogen (secondary N) is 2. The van der Waals surface area contributed by atoms with Gasteiger partial charge >= 0.3 is 6.18 Å². The Balaban J connectivity index is 1.77. The minimum Gasteiger partial charge on any atom is -0.352 e. The Hall–Kier alpha value is -2.53. The highest BCUT2D eigenvalue weighted by Crippen LogP contribution is 2.36. The average molecular weight is 427 g/mol. The third-order valence-electron chi connectivity index (χ3n) is 4.57. The first-order valence-corrected chi connectivity index (χ1v) is 9.86. The van der Waals surface area contributed by atoms with Gasteiger partial charge < -0.3 is 10.6 Å². The molecular weight excluding hydrogens is 407 g/mol. The number of alkyl halides is 3. The van der Waals surface area contributed by atoms with Crippen LogP contribution in [0.15, 0.2) is 23.8 Å². The lowest BCUT2D eigenvalue weighted by Gasteiger charge is -2.24.